The second-order valence-electron chi connectivity index (χ2n) is 8.11. The van der Waals surface area contributed by atoms with Crippen molar-refractivity contribution in [2.45, 2.75) is 37.5 Å². The fraction of sp³-hybridized carbons (Fsp3) is 0.684. The number of aromatic nitrogens is 1. The van der Waals surface area contributed by atoms with E-state index >= 15 is 0 Å². The van der Waals surface area contributed by atoms with Crippen LogP contribution in [0.2, 0.25) is 0 Å². The zero-order valence-corrected chi connectivity index (χ0v) is 14.6. The number of pyridine rings is 1. The second kappa shape index (κ2) is 5.95. The molecule has 1 aliphatic carbocycles. The number of amides is 1. The standard InChI is InChI=1S/C19H26N4O2/c24-17-12-21(11-15-1-2-15)13-18-23(17)14-19(25-18)5-9-22(10-6-19)16-3-7-20-8-4-16/h3-4,7-8,15,18H,1-2,5-6,9-14H2. The van der Waals surface area contributed by atoms with Gasteiger partial charge in [-0.1, -0.05) is 0 Å². The van der Waals surface area contributed by atoms with E-state index in [-0.39, 0.29) is 17.7 Å². The summed E-state index contributed by atoms with van der Waals surface area (Å²) in [6.45, 7) is 5.27. The van der Waals surface area contributed by atoms with Crippen molar-refractivity contribution in [1.82, 2.24) is 14.8 Å². The number of carbonyl (C=O) groups excluding carboxylic acids is 1. The Labute approximate surface area is 148 Å². The van der Waals surface area contributed by atoms with Gasteiger partial charge in [0.1, 0.15) is 6.23 Å². The van der Waals surface area contributed by atoms with Crippen LogP contribution in [0.1, 0.15) is 25.7 Å². The van der Waals surface area contributed by atoms with E-state index in [1.54, 1.807) is 0 Å². The molecule has 4 aliphatic rings. The largest absolute Gasteiger partial charge is 0.371 e. The topological polar surface area (TPSA) is 48.9 Å². The summed E-state index contributed by atoms with van der Waals surface area (Å²) < 4.78 is 6.51. The predicted molar refractivity (Wildman–Crippen MR) is 94.2 cm³/mol. The Bertz CT molecular complexity index is 640. The van der Waals surface area contributed by atoms with Crippen LogP contribution in [0, 0.1) is 5.92 Å². The summed E-state index contributed by atoms with van der Waals surface area (Å²) >= 11 is 0. The number of hydrogen-bond acceptors (Lipinski definition) is 5. The van der Waals surface area contributed by atoms with E-state index in [4.69, 9.17) is 4.74 Å². The van der Waals surface area contributed by atoms with Crippen LogP contribution in [0.5, 0.6) is 0 Å². The molecule has 134 valence electrons. The normalized spacial score (nSPS) is 29.3. The molecule has 4 heterocycles. The Morgan fingerprint density at radius 2 is 1.96 bits per heavy atom. The smallest absolute Gasteiger partial charge is 0.238 e. The molecule has 4 fully saturated rings. The van der Waals surface area contributed by atoms with Gasteiger partial charge in [-0.2, -0.15) is 0 Å². The minimum Gasteiger partial charge on any atom is -0.371 e. The average molecular weight is 342 g/mol. The van der Waals surface area contributed by atoms with E-state index in [1.165, 1.54) is 18.5 Å². The third kappa shape index (κ3) is 3.02. The lowest BCUT2D eigenvalue weighted by Crippen LogP contribution is -2.54. The number of piperazine rings is 1. The third-order valence-corrected chi connectivity index (χ3v) is 6.20. The Morgan fingerprint density at radius 1 is 1.20 bits per heavy atom. The van der Waals surface area contributed by atoms with E-state index in [9.17, 15) is 4.79 Å². The van der Waals surface area contributed by atoms with Gasteiger partial charge >= 0.3 is 0 Å². The highest BCUT2D eigenvalue weighted by Gasteiger charge is 2.50. The fourth-order valence-electron chi connectivity index (χ4n) is 4.56. The summed E-state index contributed by atoms with van der Waals surface area (Å²) in [4.78, 5) is 23.4. The molecule has 5 rings (SSSR count). The van der Waals surface area contributed by atoms with Gasteiger partial charge < -0.3 is 14.5 Å². The molecule has 6 heteroatoms. The zero-order chi connectivity index (χ0) is 16.9. The van der Waals surface area contributed by atoms with Crippen molar-refractivity contribution in [3.63, 3.8) is 0 Å². The van der Waals surface area contributed by atoms with Crippen LogP contribution in [0.3, 0.4) is 0 Å². The maximum absolute atomic E-state index is 12.6. The monoisotopic (exact) mass is 342 g/mol. The molecule has 25 heavy (non-hydrogen) atoms. The number of hydrogen-bond donors (Lipinski definition) is 0. The molecule has 3 aliphatic heterocycles. The quantitative estimate of drug-likeness (QED) is 0.829. The van der Waals surface area contributed by atoms with E-state index in [2.05, 4.69) is 26.9 Å². The fourth-order valence-corrected chi connectivity index (χ4v) is 4.56. The summed E-state index contributed by atoms with van der Waals surface area (Å²) in [7, 11) is 0. The van der Waals surface area contributed by atoms with Crippen LogP contribution in [0.25, 0.3) is 0 Å². The van der Waals surface area contributed by atoms with Gasteiger partial charge in [0.25, 0.3) is 0 Å². The number of nitrogens with zero attached hydrogens (tertiary/aromatic N) is 4. The van der Waals surface area contributed by atoms with Gasteiger partial charge in [0.15, 0.2) is 0 Å². The molecule has 3 saturated heterocycles. The van der Waals surface area contributed by atoms with E-state index in [0.717, 1.165) is 51.5 Å². The molecule has 1 spiro atoms. The van der Waals surface area contributed by atoms with E-state index in [0.29, 0.717) is 6.54 Å². The van der Waals surface area contributed by atoms with Crippen LogP contribution in [-0.2, 0) is 9.53 Å². The van der Waals surface area contributed by atoms with Crippen LogP contribution < -0.4 is 4.90 Å². The molecule has 0 N–H and O–H groups in total. The minimum atomic E-state index is -0.139. The molecule has 0 aromatic carbocycles. The summed E-state index contributed by atoms with van der Waals surface area (Å²) in [5, 5.41) is 0. The number of anilines is 1. The van der Waals surface area contributed by atoms with E-state index < -0.39 is 0 Å². The zero-order valence-electron chi connectivity index (χ0n) is 14.6. The van der Waals surface area contributed by atoms with Crippen LogP contribution >= 0.6 is 0 Å². The highest BCUT2D eigenvalue weighted by molar-refractivity contribution is 5.79. The highest BCUT2D eigenvalue weighted by Crippen LogP contribution is 2.38. The first-order valence-corrected chi connectivity index (χ1v) is 9.55. The van der Waals surface area contributed by atoms with Crippen molar-refractivity contribution in [2.75, 3.05) is 44.2 Å². The third-order valence-electron chi connectivity index (χ3n) is 6.20. The molecule has 1 aromatic rings. The summed E-state index contributed by atoms with van der Waals surface area (Å²) in [5.74, 6) is 1.07. The maximum Gasteiger partial charge on any atom is 0.238 e. The van der Waals surface area contributed by atoms with Gasteiger partial charge in [0.2, 0.25) is 5.91 Å². The van der Waals surface area contributed by atoms with Crippen molar-refractivity contribution in [3.8, 4) is 0 Å². The summed E-state index contributed by atoms with van der Waals surface area (Å²) in [5.41, 5.74) is 1.09. The van der Waals surface area contributed by atoms with Gasteiger partial charge in [-0.25, -0.2) is 0 Å². The Balaban J connectivity index is 1.24. The Hall–Kier alpha value is -1.66. The van der Waals surface area contributed by atoms with Crippen LogP contribution in [0.15, 0.2) is 24.5 Å². The first-order chi connectivity index (χ1) is 12.2. The number of ether oxygens (including phenoxy) is 1. The van der Waals surface area contributed by atoms with Crippen LogP contribution in [0.4, 0.5) is 5.69 Å². The molecular formula is C19H26N4O2. The van der Waals surface area contributed by atoms with Crippen LogP contribution in [-0.4, -0.2) is 71.8 Å². The molecule has 0 radical (unpaired) electrons. The van der Waals surface area contributed by atoms with Gasteiger partial charge in [0, 0.05) is 44.3 Å². The minimum absolute atomic E-state index is 0.0347. The van der Waals surface area contributed by atoms with Crippen molar-refractivity contribution >= 4 is 11.6 Å². The Morgan fingerprint density at radius 3 is 2.68 bits per heavy atom. The van der Waals surface area contributed by atoms with E-state index in [1.807, 2.05) is 17.3 Å². The maximum atomic E-state index is 12.6. The van der Waals surface area contributed by atoms with Gasteiger partial charge in [0.05, 0.1) is 18.7 Å². The van der Waals surface area contributed by atoms with Gasteiger partial charge in [-0.3, -0.25) is 14.7 Å². The SMILES string of the molecule is O=C1CN(CC2CC2)CC2OC3(CCN(c4ccncc4)CC3)CN12. The lowest BCUT2D eigenvalue weighted by atomic mass is 9.91. The predicted octanol–water partition coefficient (Wildman–Crippen LogP) is 1.33. The first-order valence-electron chi connectivity index (χ1n) is 9.55. The lowest BCUT2D eigenvalue weighted by Gasteiger charge is -2.39. The average Bonchev–Trinajstić information content (AvgIpc) is 3.36. The number of piperidine rings is 1. The second-order valence-corrected chi connectivity index (χ2v) is 8.11. The molecule has 1 saturated carbocycles. The van der Waals surface area contributed by atoms with Crippen molar-refractivity contribution in [2.24, 2.45) is 5.92 Å². The van der Waals surface area contributed by atoms with Crippen molar-refractivity contribution < 1.29 is 9.53 Å². The molecule has 1 atom stereocenters. The first kappa shape index (κ1) is 15.6. The Kier molecular flexibility index (Phi) is 3.71. The molecule has 1 aromatic heterocycles. The molecule has 0 bridgehead atoms. The number of fused-ring (bicyclic) bond motifs is 1. The highest BCUT2D eigenvalue weighted by atomic mass is 16.5. The lowest BCUT2D eigenvalue weighted by molar-refractivity contribution is -0.148. The molecule has 6 nitrogen and oxygen atoms in total. The van der Waals surface area contributed by atoms with Crippen molar-refractivity contribution in [1.29, 1.82) is 0 Å². The molecular weight excluding hydrogens is 316 g/mol. The number of rotatable bonds is 3. The molecule has 1 amide bonds. The summed E-state index contributed by atoms with van der Waals surface area (Å²) in [6.07, 6.45) is 8.28. The molecule has 1 unspecified atom stereocenters. The number of carbonyl (C=O) groups is 1. The van der Waals surface area contributed by atoms with Gasteiger partial charge in [-0.05, 0) is 43.7 Å². The van der Waals surface area contributed by atoms with Crippen molar-refractivity contribution in [3.05, 3.63) is 24.5 Å². The van der Waals surface area contributed by atoms with Gasteiger partial charge in [-0.15, -0.1) is 0 Å². The summed E-state index contributed by atoms with van der Waals surface area (Å²) in [6, 6.07) is 4.13.